The van der Waals surface area contributed by atoms with Crippen molar-refractivity contribution in [1.82, 2.24) is 4.57 Å². The third kappa shape index (κ3) is 3.46. The molecule has 0 atom stereocenters. The Morgan fingerprint density at radius 3 is 3.00 bits per heavy atom. The van der Waals surface area contributed by atoms with Crippen LogP contribution in [0.4, 0.5) is 0 Å². The van der Waals surface area contributed by atoms with E-state index in [-0.39, 0.29) is 0 Å². The molecule has 4 heteroatoms. The molecular formula is C10H15NO2S. The van der Waals surface area contributed by atoms with E-state index in [0.717, 1.165) is 24.5 Å². The number of thioether (sulfide) groups is 1. The predicted octanol–water partition coefficient (Wildman–Crippen LogP) is 2.33. The van der Waals surface area contributed by atoms with E-state index in [2.05, 4.69) is 6.92 Å². The number of hydrogen-bond acceptors (Lipinski definition) is 2. The molecule has 0 spiro atoms. The number of aromatic nitrogens is 1. The van der Waals surface area contributed by atoms with E-state index in [0.29, 0.717) is 5.56 Å². The zero-order valence-electron chi connectivity index (χ0n) is 8.27. The van der Waals surface area contributed by atoms with Gasteiger partial charge in [0.15, 0.2) is 0 Å². The van der Waals surface area contributed by atoms with Crippen LogP contribution in [0, 0.1) is 0 Å². The number of carboxylic acid groups (broad SMARTS) is 1. The van der Waals surface area contributed by atoms with Crippen LogP contribution < -0.4 is 0 Å². The SMILES string of the molecule is CCSCCCn1ccc(C(=O)O)c1. The molecule has 1 aromatic heterocycles. The Kier molecular flexibility index (Phi) is 4.59. The van der Waals surface area contributed by atoms with Gasteiger partial charge >= 0.3 is 5.97 Å². The average molecular weight is 213 g/mol. The highest BCUT2D eigenvalue weighted by Crippen LogP contribution is 2.05. The van der Waals surface area contributed by atoms with Crippen molar-refractivity contribution < 1.29 is 9.90 Å². The summed E-state index contributed by atoms with van der Waals surface area (Å²) in [5.41, 5.74) is 0.369. The summed E-state index contributed by atoms with van der Waals surface area (Å²) in [6.07, 6.45) is 4.59. The number of carbonyl (C=O) groups is 1. The number of hydrogen-bond donors (Lipinski definition) is 1. The number of aromatic carboxylic acids is 1. The summed E-state index contributed by atoms with van der Waals surface area (Å²) in [6, 6.07) is 1.63. The summed E-state index contributed by atoms with van der Waals surface area (Å²) >= 11 is 1.91. The molecule has 3 nitrogen and oxygen atoms in total. The van der Waals surface area contributed by atoms with E-state index in [4.69, 9.17) is 5.11 Å². The average Bonchev–Trinajstić information content (AvgIpc) is 2.61. The zero-order chi connectivity index (χ0) is 10.4. The van der Waals surface area contributed by atoms with Gasteiger partial charge in [0.25, 0.3) is 0 Å². The first-order valence-corrected chi connectivity index (χ1v) is 5.86. The lowest BCUT2D eigenvalue weighted by Crippen LogP contribution is -1.97. The van der Waals surface area contributed by atoms with Crippen LogP contribution >= 0.6 is 11.8 Å². The summed E-state index contributed by atoms with van der Waals surface area (Å²) in [5, 5.41) is 8.69. The van der Waals surface area contributed by atoms with Crippen molar-refractivity contribution in [3.8, 4) is 0 Å². The Hall–Kier alpha value is -0.900. The maximum absolute atomic E-state index is 10.6. The Morgan fingerprint density at radius 1 is 1.64 bits per heavy atom. The predicted molar refractivity (Wildman–Crippen MR) is 59.0 cm³/mol. The van der Waals surface area contributed by atoms with Crippen LogP contribution in [0.1, 0.15) is 23.7 Å². The van der Waals surface area contributed by atoms with E-state index >= 15 is 0 Å². The Bertz CT molecular complexity index is 296. The minimum atomic E-state index is -0.855. The Morgan fingerprint density at radius 2 is 2.43 bits per heavy atom. The van der Waals surface area contributed by atoms with Gasteiger partial charge in [-0.1, -0.05) is 6.92 Å². The summed E-state index contributed by atoms with van der Waals surface area (Å²) in [5.74, 6) is 1.43. The molecule has 14 heavy (non-hydrogen) atoms. The highest BCUT2D eigenvalue weighted by atomic mass is 32.2. The minimum absolute atomic E-state index is 0.369. The van der Waals surface area contributed by atoms with E-state index in [1.54, 1.807) is 12.3 Å². The van der Waals surface area contributed by atoms with E-state index in [1.165, 1.54) is 0 Å². The zero-order valence-corrected chi connectivity index (χ0v) is 9.09. The van der Waals surface area contributed by atoms with Gasteiger partial charge in [0, 0.05) is 18.9 Å². The second-order valence-electron chi connectivity index (χ2n) is 2.99. The van der Waals surface area contributed by atoms with Crippen LogP contribution in [0.3, 0.4) is 0 Å². The molecule has 1 aromatic rings. The van der Waals surface area contributed by atoms with Gasteiger partial charge in [-0.3, -0.25) is 0 Å². The second-order valence-corrected chi connectivity index (χ2v) is 4.39. The Balaban J connectivity index is 2.33. The first-order valence-electron chi connectivity index (χ1n) is 4.71. The topological polar surface area (TPSA) is 42.2 Å². The van der Waals surface area contributed by atoms with Gasteiger partial charge in [0.1, 0.15) is 0 Å². The molecule has 78 valence electrons. The third-order valence-corrected chi connectivity index (χ3v) is 2.89. The molecule has 1 rings (SSSR count). The fraction of sp³-hybridized carbons (Fsp3) is 0.500. The lowest BCUT2D eigenvalue weighted by Gasteiger charge is -2.01. The number of rotatable bonds is 6. The molecule has 0 saturated carbocycles. The highest BCUT2D eigenvalue weighted by molar-refractivity contribution is 7.99. The minimum Gasteiger partial charge on any atom is -0.478 e. The summed E-state index contributed by atoms with van der Waals surface area (Å²) < 4.78 is 1.93. The summed E-state index contributed by atoms with van der Waals surface area (Å²) in [4.78, 5) is 10.6. The molecule has 0 bridgehead atoms. The molecule has 0 fully saturated rings. The molecular weight excluding hydrogens is 198 g/mol. The lowest BCUT2D eigenvalue weighted by atomic mass is 10.4. The third-order valence-electron chi connectivity index (χ3n) is 1.91. The van der Waals surface area contributed by atoms with Gasteiger partial charge in [-0.2, -0.15) is 11.8 Å². The largest absolute Gasteiger partial charge is 0.478 e. The molecule has 0 radical (unpaired) electrons. The first-order chi connectivity index (χ1) is 6.74. The quantitative estimate of drug-likeness (QED) is 0.737. The van der Waals surface area contributed by atoms with Crippen molar-refractivity contribution >= 4 is 17.7 Å². The van der Waals surface area contributed by atoms with Crippen LogP contribution in [-0.4, -0.2) is 27.1 Å². The second kappa shape index (κ2) is 5.75. The summed E-state index contributed by atoms with van der Waals surface area (Å²) in [7, 11) is 0. The van der Waals surface area contributed by atoms with Crippen LogP contribution in [-0.2, 0) is 6.54 Å². The van der Waals surface area contributed by atoms with Crippen LogP contribution in [0.5, 0.6) is 0 Å². The van der Waals surface area contributed by atoms with Crippen molar-refractivity contribution in [2.75, 3.05) is 11.5 Å². The highest BCUT2D eigenvalue weighted by Gasteiger charge is 2.03. The van der Waals surface area contributed by atoms with Gasteiger partial charge in [-0.05, 0) is 24.0 Å². The number of carboxylic acids is 1. The van der Waals surface area contributed by atoms with Crippen molar-refractivity contribution in [2.45, 2.75) is 19.9 Å². The van der Waals surface area contributed by atoms with E-state index < -0.39 is 5.97 Å². The molecule has 0 aromatic carbocycles. The van der Waals surface area contributed by atoms with Gasteiger partial charge < -0.3 is 9.67 Å². The monoisotopic (exact) mass is 213 g/mol. The molecule has 1 heterocycles. The van der Waals surface area contributed by atoms with Crippen molar-refractivity contribution in [2.24, 2.45) is 0 Å². The van der Waals surface area contributed by atoms with Crippen molar-refractivity contribution in [3.05, 3.63) is 24.0 Å². The van der Waals surface area contributed by atoms with Crippen molar-refractivity contribution in [3.63, 3.8) is 0 Å². The number of aryl methyl sites for hydroxylation is 1. The van der Waals surface area contributed by atoms with Gasteiger partial charge in [-0.25, -0.2) is 4.79 Å². The normalized spacial score (nSPS) is 10.4. The number of nitrogens with zero attached hydrogens (tertiary/aromatic N) is 1. The molecule has 0 unspecified atom stereocenters. The van der Waals surface area contributed by atoms with Gasteiger partial charge in [0.05, 0.1) is 5.56 Å². The smallest absolute Gasteiger partial charge is 0.337 e. The molecule has 0 aliphatic carbocycles. The first kappa shape index (κ1) is 11.2. The standard InChI is InChI=1S/C10H15NO2S/c1-2-14-7-3-5-11-6-4-9(8-11)10(12)13/h4,6,8H,2-3,5,7H2,1H3,(H,12,13). The molecule has 0 amide bonds. The van der Waals surface area contributed by atoms with Crippen LogP contribution in [0.2, 0.25) is 0 Å². The molecule has 0 aliphatic rings. The van der Waals surface area contributed by atoms with Crippen molar-refractivity contribution in [1.29, 1.82) is 0 Å². The van der Waals surface area contributed by atoms with Gasteiger partial charge in [-0.15, -0.1) is 0 Å². The maximum Gasteiger partial charge on any atom is 0.337 e. The van der Waals surface area contributed by atoms with E-state index in [9.17, 15) is 4.79 Å². The van der Waals surface area contributed by atoms with Crippen LogP contribution in [0.25, 0.3) is 0 Å². The fourth-order valence-electron chi connectivity index (χ4n) is 1.20. The maximum atomic E-state index is 10.6. The van der Waals surface area contributed by atoms with E-state index in [1.807, 2.05) is 22.5 Å². The molecule has 0 aliphatic heterocycles. The molecule has 1 N–H and O–H groups in total. The van der Waals surface area contributed by atoms with Crippen LogP contribution in [0.15, 0.2) is 18.5 Å². The summed E-state index contributed by atoms with van der Waals surface area (Å²) in [6.45, 7) is 3.04. The molecule has 0 saturated heterocycles. The Labute approximate surface area is 88.1 Å². The lowest BCUT2D eigenvalue weighted by molar-refractivity contribution is 0.0697. The fourth-order valence-corrected chi connectivity index (χ4v) is 1.82. The van der Waals surface area contributed by atoms with Gasteiger partial charge in [0.2, 0.25) is 0 Å².